The predicted octanol–water partition coefficient (Wildman–Crippen LogP) is 1.85. The van der Waals surface area contributed by atoms with Gasteiger partial charge >= 0.3 is 5.97 Å². The zero-order valence-electron chi connectivity index (χ0n) is 12.3. The molecule has 0 aliphatic carbocycles. The highest BCUT2D eigenvalue weighted by Gasteiger charge is 2.19. The van der Waals surface area contributed by atoms with Crippen LogP contribution in [0.4, 0.5) is 5.69 Å². The highest BCUT2D eigenvalue weighted by atomic mass is 35.5. The molecule has 0 aliphatic rings. The maximum Gasteiger partial charge on any atom is 0.320 e. The van der Waals surface area contributed by atoms with Gasteiger partial charge in [0.1, 0.15) is 11.8 Å². The fourth-order valence-electron chi connectivity index (χ4n) is 1.59. The van der Waals surface area contributed by atoms with Crippen LogP contribution in [0.3, 0.4) is 0 Å². The molecule has 1 unspecified atom stereocenters. The number of hydrogen-bond donors (Lipinski definition) is 2. The molecule has 2 N–H and O–H groups in total. The number of carbonyl (C=O) groups excluding carboxylic acids is 1. The maximum absolute atomic E-state index is 11.9. The van der Waals surface area contributed by atoms with Crippen LogP contribution in [0, 0.1) is 0 Å². The summed E-state index contributed by atoms with van der Waals surface area (Å²) in [5, 5.41) is 11.6. The van der Waals surface area contributed by atoms with Gasteiger partial charge in [0.2, 0.25) is 5.91 Å². The van der Waals surface area contributed by atoms with Crippen molar-refractivity contribution in [1.29, 1.82) is 0 Å². The largest absolute Gasteiger partial charge is 0.492 e. The standard InChI is InChI=1S/C14H20N2O4.ClH/c1-4-20-12-8-6-5-7-11(12)15-13(17)9-16(3)10(2)14(18)19;/h5-8,10H,4,9H2,1-3H3,(H,15,17)(H,18,19);1H. The van der Waals surface area contributed by atoms with Crippen molar-refractivity contribution in [1.82, 2.24) is 4.90 Å². The molecule has 6 nitrogen and oxygen atoms in total. The monoisotopic (exact) mass is 316 g/mol. The molecule has 1 aromatic carbocycles. The Balaban J connectivity index is 0.00000400. The number of ether oxygens (including phenoxy) is 1. The molecule has 0 spiro atoms. The molecule has 118 valence electrons. The second kappa shape index (κ2) is 9.20. The van der Waals surface area contributed by atoms with E-state index in [0.717, 1.165) is 0 Å². The minimum absolute atomic E-state index is 0. The molecule has 0 bridgehead atoms. The number of likely N-dealkylation sites (N-methyl/N-ethyl adjacent to an activating group) is 1. The molecule has 0 saturated heterocycles. The molecule has 1 amide bonds. The van der Waals surface area contributed by atoms with E-state index in [9.17, 15) is 9.59 Å². The second-order valence-electron chi connectivity index (χ2n) is 4.41. The summed E-state index contributed by atoms with van der Waals surface area (Å²) in [7, 11) is 1.59. The first kappa shape index (κ1) is 19.2. The molecule has 1 atom stereocenters. The topological polar surface area (TPSA) is 78.9 Å². The quantitative estimate of drug-likeness (QED) is 0.802. The third-order valence-corrected chi connectivity index (χ3v) is 2.87. The molecule has 0 aromatic heterocycles. The van der Waals surface area contributed by atoms with Crippen molar-refractivity contribution in [2.45, 2.75) is 19.9 Å². The maximum atomic E-state index is 11.9. The molecule has 7 heteroatoms. The summed E-state index contributed by atoms with van der Waals surface area (Å²) in [6, 6.07) is 6.40. The lowest BCUT2D eigenvalue weighted by Gasteiger charge is -2.20. The Morgan fingerprint density at radius 2 is 2.00 bits per heavy atom. The first-order valence-electron chi connectivity index (χ1n) is 6.40. The lowest BCUT2D eigenvalue weighted by Crippen LogP contribution is -2.40. The third kappa shape index (κ3) is 6.01. The summed E-state index contributed by atoms with van der Waals surface area (Å²) in [5.74, 6) is -0.653. The number of nitrogens with zero attached hydrogens (tertiary/aromatic N) is 1. The summed E-state index contributed by atoms with van der Waals surface area (Å²) >= 11 is 0. The van der Waals surface area contributed by atoms with E-state index < -0.39 is 12.0 Å². The summed E-state index contributed by atoms with van der Waals surface area (Å²) < 4.78 is 5.41. The average Bonchev–Trinajstić information content (AvgIpc) is 2.40. The predicted molar refractivity (Wildman–Crippen MR) is 83.2 cm³/mol. The van der Waals surface area contributed by atoms with Gasteiger partial charge in [-0.2, -0.15) is 0 Å². The van der Waals surface area contributed by atoms with Crippen LogP contribution in [0.2, 0.25) is 0 Å². The number of nitrogens with one attached hydrogen (secondary N) is 1. The van der Waals surface area contributed by atoms with Crippen molar-refractivity contribution >= 4 is 30.0 Å². The Morgan fingerprint density at radius 3 is 2.57 bits per heavy atom. The first-order valence-corrected chi connectivity index (χ1v) is 6.40. The van der Waals surface area contributed by atoms with Gasteiger partial charge in [-0.15, -0.1) is 12.4 Å². The van der Waals surface area contributed by atoms with Gasteiger partial charge in [0.25, 0.3) is 0 Å². The average molecular weight is 317 g/mol. The number of carbonyl (C=O) groups is 2. The summed E-state index contributed by atoms with van der Waals surface area (Å²) in [5.41, 5.74) is 0.579. The molecule has 0 aliphatic heterocycles. The van der Waals surface area contributed by atoms with Crippen LogP contribution in [0.5, 0.6) is 5.75 Å². The number of carboxylic acid groups (broad SMARTS) is 1. The number of anilines is 1. The lowest BCUT2D eigenvalue weighted by atomic mass is 10.2. The first-order chi connectivity index (χ1) is 9.45. The van der Waals surface area contributed by atoms with E-state index in [4.69, 9.17) is 9.84 Å². The molecular formula is C14H21ClN2O4. The number of carboxylic acids is 1. The zero-order chi connectivity index (χ0) is 15.1. The lowest BCUT2D eigenvalue weighted by molar-refractivity contribution is -0.142. The van der Waals surface area contributed by atoms with Gasteiger partial charge in [0.05, 0.1) is 18.8 Å². The Bertz CT molecular complexity index is 482. The molecule has 0 fully saturated rings. The second-order valence-corrected chi connectivity index (χ2v) is 4.41. The van der Waals surface area contributed by atoms with Crippen LogP contribution in [0.1, 0.15) is 13.8 Å². The van der Waals surface area contributed by atoms with Crippen LogP contribution in [0.25, 0.3) is 0 Å². The Morgan fingerprint density at radius 1 is 1.38 bits per heavy atom. The van der Waals surface area contributed by atoms with Crippen LogP contribution in [-0.4, -0.2) is 48.1 Å². The van der Waals surface area contributed by atoms with Crippen molar-refractivity contribution in [3.05, 3.63) is 24.3 Å². The highest BCUT2D eigenvalue weighted by molar-refractivity contribution is 5.94. The van der Waals surface area contributed by atoms with E-state index in [0.29, 0.717) is 18.0 Å². The number of rotatable bonds is 7. The van der Waals surface area contributed by atoms with Crippen molar-refractivity contribution in [3.63, 3.8) is 0 Å². The van der Waals surface area contributed by atoms with Gasteiger partial charge in [-0.05, 0) is 33.0 Å². The smallest absolute Gasteiger partial charge is 0.320 e. The third-order valence-electron chi connectivity index (χ3n) is 2.87. The van der Waals surface area contributed by atoms with E-state index in [-0.39, 0.29) is 24.9 Å². The number of para-hydroxylation sites is 2. The fraction of sp³-hybridized carbons (Fsp3) is 0.429. The molecule has 0 radical (unpaired) electrons. The molecular weight excluding hydrogens is 296 g/mol. The minimum Gasteiger partial charge on any atom is -0.492 e. The summed E-state index contributed by atoms with van der Waals surface area (Å²) in [6.45, 7) is 3.89. The van der Waals surface area contributed by atoms with Gasteiger partial charge in [-0.25, -0.2) is 0 Å². The molecule has 0 saturated carbocycles. The Labute approximate surface area is 130 Å². The van der Waals surface area contributed by atoms with Gasteiger partial charge in [0, 0.05) is 0 Å². The van der Waals surface area contributed by atoms with Gasteiger partial charge in [0.15, 0.2) is 0 Å². The molecule has 0 heterocycles. The van der Waals surface area contributed by atoms with Gasteiger partial charge in [-0.1, -0.05) is 12.1 Å². The Hall–Kier alpha value is -1.79. The normalized spacial score (nSPS) is 11.4. The molecule has 21 heavy (non-hydrogen) atoms. The molecule has 1 rings (SSSR count). The van der Waals surface area contributed by atoms with Crippen LogP contribution < -0.4 is 10.1 Å². The Kier molecular flexibility index (Phi) is 8.42. The van der Waals surface area contributed by atoms with Crippen molar-refractivity contribution in [3.8, 4) is 5.75 Å². The van der Waals surface area contributed by atoms with Crippen LogP contribution in [-0.2, 0) is 9.59 Å². The van der Waals surface area contributed by atoms with E-state index in [1.807, 2.05) is 13.0 Å². The van der Waals surface area contributed by atoms with E-state index >= 15 is 0 Å². The van der Waals surface area contributed by atoms with Crippen LogP contribution in [0.15, 0.2) is 24.3 Å². The number of halogens is 1. The number of hydrogen-bond acceptors (Lipinski definition) is 4. The zero-order valence-corrected chi connectivity index (χ0v) is 13.1. The number of aliphatic carboxylic acids is 1. The number of benzene rings is 1. The van der Waals surface area contributed by atoms with Gasteiger partial charge in [-0.3, -0.25) is 14.5 Å². The summed E-state index contributed by atoms with van der Waals surface area (Å²) in [6.07, 6.45) is 0. The fourth-order valence-corrected chi connectivity index (χ4v) is 1.59. The van der Waals surface area contributed by atoms with Crippen LogP contribution >= 0.6 is 12.4 Å². The van der Waals surface area contributed by atoms with Crippen molar-refractivity contribution in [2.24, 2.45) is 0 Å². The molecule has 1 aromatic rings. The van der Waals surface area contributed by atoms with E-state index in [1.54, 1.807) is 25.2 Å². The highest BCUT2D eigenvalue weighted by Crippen LogP contribution is 2.23. The number of amides is 1. The minimum atomic E-state index is -0.963. The van der Waals surface area contributed by atoms with Gasteiger partial charge < -0.3 is 15.2 Å². The van der Waals surface area contributed by atoms with Crippen molar-refractivity contribution in [2.75, 3.05) is 25.5 Å². The van der Waals surface area contributed by atoms with E-state index in [2.05, 4.69) is 5.32 Å². The SMILES string of the molecule is CCOc1ccccc1NC(=O)CN(C)C(C)C(=O)O.Cl. The van der Waals surface area contributed by atoms with E-state index in [1.165, 1.54) is 11.8 Å². The summed E-state index contributed by atoms with van der Waals surface area (Å²) in [4.78, 5) is 24.2. The van der Waals surface area contributed by atoms with Crippen molar-refractivity contribution < 1.29 is 19.4 Å².